The van der Waals surface area contributed by atoms with Gasteiger partial charge < -0.3 is 10.4 Å². The van der Waals surface area contributed by atoms with Gasteiger partial charge in [-0.1, -0.05) is 20.8 Å². The SMILES string of the molecule is CC(C)(C)C(CCO)Nc1cc(F)ccc1[N+](=O)[O-]. The number of nitrogens with zero attached hydrogens (tertiary/aromatic N) is 1. The summed E-state index contributed by atoms with van der Waals surface area (Å²) in [6.07, 6.45) is 0.428. The van der Waals surface area contributed by atoms with Crippen molar-refractivity contribution in [1.29, 1.82) is 0 Å². The van der Waals surface area contributed by atoms with Crippen molar-refractivity contribution in [3.8, 4) is 0 Å². The maximum absolute atomic E-state index is 13.2. The van der Waals surface area contributed by atoms with E-state index in [0.717, 1.165) is 18.2 Å². The van der Waals surface area contributed by atoms with Crippen LogP contribution in [0.25, 0.3) is 0 Å². The minimum atomic E-state index is -0.555. The summed E-state index contributed by atoms with van der Waals surface area (Å²) < 4.78 is 13.2. The predicted molar refractivity (Wildman–Crippen MR) is 71.6 cm³/mol. The van der Waals surface area contributed by atoms with E-state index in [4.69, 9.17) is 5.11 Å². The van der Waals surface area contributed by atoms with Crippen molar-refractivity contribution in [2.75, 3.05) is 11.9 Å². The van der Waals surface area contributed by atoms with Gasteiger partial charge in [-0.3, -0.25) is 10.1 Å². The van der Waals surface area contributed by atoms with Gasteiger partial charge in [-0.15, -0.1) is 0 Å². The van der Waals surface area contributed by atoms with E-state index in [1.807, 2.05) is 20.8 Å². The molecule has 2 N–H and O–H groups in total. The minimum absolute atomic E-state index is 0.0436. The number of aliphatic hydroxyl groups excluding tert-OH is 1. The Bertz CT molecular complexity index is 458. The molecule has 1 rings (SSSR count). The lowest BCUT2D eigenvalue weighted by molar-refractivity contribution is -0.384. The Morgan fingerprint density at radius 1 is 1.47 bits per heavy atom. The van der Waals surface area contributed by atoms with Crippen LogP contribution in [-0.4, -0.2) is 22.7 Å². The zero-order valence-electron chi connectivity index (χ0n) is 11.3. The van der Waals surface area contributed by atoms with Crippen LogP contribution >= 0.6 is 0 Å². The van der Waals surface area contributed by atoms with Crippen molar-refractivity contribution in [2.45, 2.75) is 33.2 Å². The largest absolute Gasteiger partial charge is 0.396 e. The fraction of sp³-hybridized carbons (Fsp3) is 0.538. The first-order valence-electron chi connectivity index (χ1n) is 6.07. The zero-order valence-corrected chi connectivity index (χ0v) is 11.3. The van der Waals surface area contributed by atoms with E-state index >= 15 is 0 Å². The molecule has 0 aliphatic carbocycles. The summed E-state index contributed by atoms with van der Waals surface area (Å²) in [5, 5.41) is 22.9. The Hall–Kier alpha value is -1.69. The van der Waals surface area contributed by atoms with Gasteiger partial charge in [-0.05, 0) is 17.9 Å². The fourth-order valence-electron chi connectivity index (χ4n) is 1.82. The molecular weight excluding hydrogens is 251 g/mol. The highest BCUT2D eigenvalue weighted by molar-refractivity contribution is 5.62. The van der Waals surface area contributed by atoms with Gasteiger partial charge in [0.1, 0.15) is 11.5 Å². The number of hydrogen-bond donors (Lipinski definition) is 2. The zero-order chi connectivity index (χ0) is 14.6. The molecule has 1 aromatic carbocycles. The van der Waals surface area contributed by atoms with Crippen LogP contribution in [0.4, 0.5) is 15.8 Å². The second-order valence-electron chi connectivity index (χ2n) is 5.49. The van der Waals surface area contributed by atoms with Gasteiger partial charge >= 0.3 is 0 Å². The molecule has 0 bridgehead atoms. The number of nitrogens with one attached hydrogen (secondary N) is 1. The van der Waals surface area contributed by atoms with Gasteiger partial charge in [0, 0.05) is 24.8 Å². The standard InChI is InChI=1S/C13H19FN2O3/c1-13(2,3)12(6-7-17)15-10-8-9(14)4-5-11(10)16(18)19/h4-5,8,12,15,17H,6-7H2,1-3H3. The highest BCUT2D eigenvalue weighted by atomic mass is 19.1. The van der Waals surface area contributed by atoms with Crippen LogP contribution in [0.3, 0.4) is 0 Å². The van der Waals surface area contributed by atoms with Crippen molar-refractivity contribution in [3.05, 3.63) is 34.1 Å². The lowest BCUT2D eigenvalue weighted by atomic mass is 9.84. The normalized spacial score (nSPS) is 13.1. The third-order valence-corrected chi connectivity index (χ3v) is 2.95. The number of halogens is 1. The highest BCUT2D eigenvalue weighted by Crippen LogP contribution is 2.30. The van der Waals surface area contributed by atoms with E-state index in [0.29, 0.717) is 6.42 Å². The number of nitro groups is 1. The summed E-state index contributed by atoms with van der Waals surface area (Å²) >= 11 is 0. The second-order valence-corrected chi connectivity index (χ2v) is 5.49. The Kier molecular flexibility index (Phi) is 4.83. The number of anilines is 1. The van der Waals surface area contributed by atoms with E-state index in [1.165, 1.54) is 0 Å². The molecule has 0 fully saturated rings. The molecule has 5 nitrogen and oxygen atoms in total. The fourth-order valence-corrected chi connectivity index (χ4v) is 1.82. The molecule has 1 atom stereocenters. The maximum Gasteiger partial charge on any atom is 0.292 e. The molecular formula is C13H19FN2O3. The Balaban J connectivity index is 3.08. The first-order chi connectivity index (χ1) is 8.75. The molecule has 0 saturated heterocycles. The lowest BCUT2D eigenvalue weighted by Gasteiger charge is -2.31. The van der Waals surface area contributed by atoms with Crippen LogP contribution in [0.2, 0.25) is 0 Å². The molecule has 6 heteroatoms. The number of nitro benzene ring substituents is 1. The third-order valence-electron chi connectivity index (χ3n) is 2.95. The smallest absolute Gasteiger partial charge is 0.292 e. The number of hydrogen-bond acceptors (Lipinski definition) is 4. The van der Waals surface area contributed by atoms with Gasteiger partial charge in [0.05, 0.1) is 4.92 Å². The summed E-state index contributed by atoms with van der Waals surface area (Å²) in [5.74, 6) is -0.537. The molecule has 0 spiro atoms. The summed E-state index contributed by atoms with van der Waals surface area (Å²) in [7, 11) is 0. The van der Waals surface area contributed by atoms with Crippen LogP contribution in [0.5, 0.6) is 0 Å². The monoisotopic (exact) mass is 270 g/mol. The van der Waals surface area contributed by atoms with Gasteiger partial charge in [0.25, 0.3) is 5.69 Å². The Morgan fingerprint density at radius 3 is 2.58 bits per heavy atom. The second kappa shape index (κ2) is 5.97. The van der Waals surface area contributed by atoms with Crippen molar-refractivity contribution >= 4 is 11.4 Å². The molecule has 0 aliphatic rings. The Morgan fingerprint density at radius 2 is 2.11 bits per heavy atom. The van der Waals surface area contributed by atoms with Crippen LogP contribution in [-0.2, 0) is 0 Å². The molecule has 0 radical (unpaired) electrons. The molecule has 0 heterocycles. The van der Waals surface area contributed by atoms with Crippen molar-refractivity contribution in [1.82, 2.24) is 0 Å². The third kappa shape index (κ3) is 4.17. The van der Waals surface area contributed by atoms with Crippen LogP contribution in [0, 0.1) is 21.3 Å². The van der Waals surface area contributed by atoms with Crippen molar-refractivity contribution in [2.24, 2.45) is 5.41 Å². The molecule has 0 aliphatic heterocycles. The number of aliphatic hydroxyl groups is 1. The van der Waals surface area contributed by atoms with E-state index in [2.05, 4.69) is 5.32 Å². The summed E-state index contributed by atoms with van der Waals surface area (Å²) in [4.78, 5) is 10.4. The van der Waals surface area contributed by atoms with Gasteiger partial charge in [0.2, 0.25) is 0 Å². The van der Waals surface area contributed by atoms with Crippen LogP contribution in [0.1, 0.15) is 27.2 Å². The average molecular weight is 270 g/mol. The maximum atomic E-state index is 13.2. The summed E-state index contributed by atoms with van der Waals surface area (Å²) in [5.41, 5.74) is -0.255. The summed E-state index contributed by atoms with van der Waals surface area (Å²) in [6, 6.07) is 3.10. The highest BCUT2D eigenvalue weighted by Gasteiger charge is 2.26. The molecule has 19 heavy (non-hydrogen) atoms. The molecule has 106 valence electrons. The van der Waals surface area contributed by atoms with Crippen LogP contribution < -0.4 is 5.32 Å². The number of rotatable bonds is 5. The summed E-state index contributed by atoms with van der Waals surface area (Å²) in [6.45, 7) is 5.81. The van der Waals surface area contributed by atoms with E-state index in [-0.39, 0.29) is 29.4 Å². The van der Waals surface area contributed by atoms with Gasteiger partial charge in [-0.2, -0.15) is 0 Å². The first kappa shape index (κ1) is 15.4. The van der Waals surface area contributed by atoms with Crippen molar-refractivity contribution < 1.29 is 14.4 Å². The quantitative estimate of drug-likeness (QED) is 0.637. The minimum Gasteiger partial charge on any atom is -0.396 e. The Labute approximate surface area is 111 Å². The van der Waals surface area contributed by atoms with Gasteiger partial charge in [-0.25, -0.2) is 4.39 Å². The van der Waals surface area contributed by atoms with E-state index in [9.17, 15) is 14.5 Å². The van der Waals surface area contributed by atoms with E-state index < -0.39 is 10.7 Å². The van der Waals surface area contributed by atoms with Crippen LogP contribution in [0.15, 0.2) is 18.2 Å². The average Bonchev–Trinajstić information content (AvgIpc) is 2.26. The van der Waals surface area contributed by atoms with Gasteiger partial charge in [0.15, 0.2) is 0 Å². The predicted octanol–water partition coefficient (Wildman–Crippen LogP) is 2.94. The molecule has 1 unspecified atom stereocenters. The topological polar surface area (TPSA) is 75.4 Å². The molecule has 0 saturated carbocycles. The van der Waals surface area contributed by atoms with E-state index in [1.54, 1.807) is 0 Å². The molecule has 0 aromatic heterocycles. The number of benzene rings is 1. The van der Waals surface area contributed by atoms with Crippen molar-refractivity contribution in [3.63, 3.8) is 0 Å². The molecule has 1 aromatic rings. The molecule has 0 amide bonds. The lowest BCUT2D eigenvalue weighted by Crippen LogP contribution is -2.35. The first-order valence-corrected chi connectivity index (χ1v) is 6.07.